The Morgan fingerprint density at radius 1 is 1.38 bits per heavy atom. The van der Waals surface area contributed by atoms with Crippen molar-refractivity contribution in [2.75, 3.05) is 23.9 Å². The van der Waals surface area contributed by atoms with Crippen molar-refractivity contribution in [2.45, 2.75) is 19.4 Å². The highest BCUT2D eigenvalue weighted by Gasteiger charge is 2.19. The average molecular weight is 304 g/mol. The van der Waals surface area contributed by atoms with Gasteiger partial charge in [-0.2, -0.15) is 11.8 Å². The minimum atomic E-state index is -0.771. The summed E-state index contributed by atoms with van der Waals surface area (Å²) in [5, 5.41) is 13.4. The van der Waals surface area contributed by atoms with Crippen LogP contribution >= 0.6 is 11.8 Å². The van der Waals surface area contributed by atoms with Gasteiger partial charge in [-0.1, -0.05) is 0 Å². The minimum Gasteiger partial charge on any atom is -0.387 e. The Kier molecular flexibility index (Phi) is 5.14. The number of nitrogens with zero attached hydrogens (tertiary/aromatic N) is 3. The molecule has 1 atom stereocenters. The summed E-state index contributed by atoms with van der Waals surface area (Å²) in [6.07, 6.45) is 5.43. The molecule has 0 saturated carbocycles. The maximum Gasteiger partial charge on any atom is 0.163 e. The van der Waals surface area contributed by atoms with Crippen molar-refractivity contribution >= 4 is 17.6 Å². The number of rotatable bonds is 6. The van der Waals surface area contributed by atoms with Crippen LogP contribution in [0.4, 0.5) is 5.82 Å². The number of aliphatic hydroxyl groups is 1. The van der Waals surface area contributed by atoms with Crippen molar-refractivity contribution in [3.63, 3.8) is 0 Å². The van der Waals surface area contributed by atoms with Crippen molar-refractivity contribution in [1.29, 1.82) is 0 Å². The first-order chi connectivity index (χ1) is 10.00. The molecule has 0 aliphatic rings. The SMILES string of the molecule is CSCC(C)(O)CNc1cc(C)nc(-c2cccnc2)n1. The molecule has 21 heavy (non-hydrogen) atoms. The van der Waals surface area contributed by atoms with Gasteiger partial charge < -0.3 is 10.4 Å². The summed E-state index contributed by atoms with van der Waals surface area (Å²) in [6.45, 7) is 4.18. The highest BCUT2D eigenvalue weighted by molar-refractivity contribution is 7.98. The summed E-state index contributed by atoms with van der Waals surface area (Å²) < 4.78 is 0. The molecular formula is C15H20N4OS. The number of pyridine rings is 1. The van der Waals surface area contributed by atoms with E-state index in [0.29, 0.717) is 23.9 Å². The Morgan fingerprint density at radius 2 is 2.19 bits per heavy atom. The van der Waals surface area contributed by atoms with E-state index in [1.807, 2.05) is 38.3 Å². The Bertz CT molecular complexity index is 589. The van der Waals surface area contributed by atoms with Crippen molar-refractivity contribution in [3.8, 4) is 11.4 Å². The molecule has 0 bridgehead atoms. The van der Waals surface area contributed by atoms with Crippen molar-refractivity contribution in [3.05, 3.63) is 36.3 Å². The van der Waals surface area contributed by atoms with E-state index in [0.717, 1.165) is 11.3 Å². The molecule has 0 aliphatic carbocycles. The summed E-state index contributed by atoms with van der Waals surface area (Å²) in [5.74, 6) is 2.01. The quantitative estimate of drug-likeness (QED) is 0.854. The largest absolute Gasteiger partial charge is 0.387 e. The van der Waals surface area contributed by atoms with Crippen LogP contribution in [0.2, 0.25) is 0 Å². The van der Waals surface area contributed by atoms with Gasteiger partial charge in [-0.15, -0.1) is 0 Å². The predicted molar refractivity (Wildman–Crippen MR) is 87.5 cm³/mol. The van der Waals surface area contributed by atoms with Crippen LogP contribution in [0.25, 0.3) is 11.4 Å². The topological polar surface area (TPSA) is 70.9 Å². The molecule has 2 aromatic rings. The zero-order valence-corrected chi connectivity index (χ0v) is 13.3. The average Bonchev–Trinajstić information content (AvgIpc) is 2.46. The van der Waals surface area contributed by atoms with Crippen LogP contribution in [-0.2, 0) is 0 Å². The van der Waals surface area contributed by atoms with E-state index >= 15 is 0 Å². The summed E-state index contributed by atoms with van der Waals surface area (Å²) in [4.78, 5) is 13.0. The van der Waals surface area contributed by atoms with Crippen LogP contribution in [0.1, 0.15) is 12.6 Å². The molecule has 0 amide bonds. The number of anilines is 1. The van der Waals surface area contributed by atoms with Crippen molar-refractivity contribution < 1.29 is 5.11 Å². The van der Waals surface area contributed by atoms with Crippen LogP contribution in [0.5, 0.6) is 0 Å². The number of thioether (sulfide) groups is 1. The standard InChI is InChI=1S/C15H20N4OS/c1-11-7-13(17-9-15(2,20)10-21-3)19-14(18-11)12-5-4-6-16-8-12/h4-8,20H,9-10H2,1-3H3,(H,17,18,19). The molecule has 2 aromatic heterocycles. The van der Waals surface area contributed by atoms with Crippen molar-refractivity contribution in [1.82, 2.24) is 15.0 Å². The third kappa shape index (κ3) is 4.68. The molecule has 2 rings (SSSR count). The fraction of sp³-hybridized carbons (Fsp3) is 0.400. The van der Waals surface area contributed by atoms with Gasteiger partial charge in [0, 0.05) is 42.0 Å². The second-order valence-electron chi connectivity index (χ2n) is 5.24. The van der Waals surface area contributed by atoms with Gasteiger partial charge in [0.25, 0.3) is 0 Å². The predicted octanol–water partition coefficient (Wildman–Crippen LogP) is 2.37. The molecule has 0 aliphatic heterocycles. The molecule has 0 fully saturated rings. The highest BCUT2D eigenvalue weighted by atomic mass is 32.2. The lowest BCUT2D eigenvalue weighted by Gasteiger charge is -2.23. The van der Waals surface area contributed by atoms with E-state index in [1.165, 1.54) is 0 Å². The van der Waals surface area contributed by atoms with E-state index in [4.69, 9.17) is 0 Å². The fourth-order valence-corrected chi connectivity index (χ4v) is 2.65. The van der Waals surface area contributed by atoms with Gasteiger partial charge >= 0.3 is 0 Å². The molecule has 2 N–H and O–H groups in total. The van der Waals surface area contributed by atoms with Gasteiger partial charge in [0.05, 0.1) is 5.60 Å². The first-order valence-corrected chi connectivity index (χ1v) is 8.11. The number of hydrogen-bond acceptors (Lipinski definition) is 6. The summed E-state index contributed by atoms with van der Waals surface area (Å²) in [7, 11) is 0. The van der Waals surface area contributed by atoms with Crippen molar-refractivity contribution in [2.24, 2.45) is 0 Å². The highest BCUT2D eigenvalue weighted by Crippen LogP contribution is 2.18. The molecule has 1 unspecified atom stereocenters. The summed E-state index contributed by atoms with van der Waals surface area (Å²) in [6, 6.07) is 5.65. The van der Waals surface area contributed by atoms with Gasteiger partial charge in [-0.25, -0.2) is 9.97 Å². The Morgan fingerprint density at radius 3 is 2.86 bits per heavy atom. The maximum atomic E-state index is 10.2. The van der Waals surface area contributed by atoms with Gasteiger partial charge in [0.1, 0.15) is 5.82 Å². The molecule has 0 radical (unpaired) electrons. The van der Waals surface area contributed by atoms with Gasteiger partial charge in [0.2, 0.25) is 0 Å². The van der Waals surface area contributed by atoms with E-state index in [2.05, 4.69) is 20.3 Å². The number of nitrogens with one attached hydrogen (secondary N) is 1. The number of aryl methyl sites for hydroxylation is 1. The molecule has 0 aromatic carbocycles. The lowest BCUT2D eigenvalue weighted by molar-refractivity contribution is 0.0996. The lowest BCUT2D eigenvalue weighted by Crippen LogP contribution is -2.36. The van der Waals surface area contributed by atoms with E-state index in [-0.39, 0.29) is 0 Å². The number of aromatic nitrogens is 3. The Balaban J connectivity index is 2.16. The normalized spacial score (nSPS) is 13.7. The minimum absolute atomic E-state index is 0.441. The molecule has 5 nitrogen and oxygen atoms in total. The van der Waals surface area contributed by atoms with Gasteiger partial charge in [-0.05, 0) is 32.2 Å². The first-order valence-electron chi connectivity index (χ1n) is 6.71. The molecule has 6 heteroatoms. The van der Waals surface area contributed by atoms with E-state index in [9.17, 15) is 5.11 Å². The number of hydrogen-bond donors (Lipinski definition) is 2. The molecule has 0 saturated heterocycles. The van der Waals surface area contributed by atoms with Crippen LogP contribution < -0.4 is 5.32 Å². The van der Waals surface area contributed by atoms with Crippen LogP contribution in [0, 0.1) is 6.92 Å². The Hall–Kier alpha value is -1.66. The van der Waals surface area contributed by atoms with Gasteiger partial charge in [0.15, 0.2) is 5.82 Å². The Labute approximate surface area is 129 Å². The van der Waals surface area contributed by atoms with Crippen LogP contribution in [0.15, 0.2) is 30.6 Å². The maximum absolute atomic E-state index is 10.2. The van der Waals surface area contributed by atoms with Gasteiger partial charge in [-0.3, -0.25) is 4.98 Å². The van der Waals surface area contributed by atoms with Crippen LogP contribution in [-0.4, -0.2) is 44.2 Å². The molecule has 112 valence electrons. The van der Waals surface area contributed by atoms with Crippen LogP contribution in [0.3, 0.4) is 0 Å². The molecular weight excluding hydrogens is 284 g/mol. The molecule has 2 heterocycles. The second-order valence-corrected chi connectivity index (χ2v) is 6.11. The fourth-order valence-electron chi connectivity index (χ4n) is 1.93. The smallest absolute Gasteiger partial charge is 0.163 e. The van der Waals surface area contributed by atoms with E-state index < -0.39 is 5.60 Å². The molecule has 0 spiro atoms. The third-order valence-corrected chi connectivity index (χ3v) is 3.79. The first kappa shape index (κ1) is 15.7. The summed E-state index contributed by atoms with van der Waals surface area (Å²) in [5.41, 5.74) is 0.975. The van der Waals surface area contributed by atoms with E-state index in [1.54, 1.807) is 24.2 Å². The second kappa shape index (κ2) is 6.87. The zero-order chi connectivity index (χ0) is 15.3. The zero-order valence-electron chi connectivity index (χ0n) is 12.5. The monoisotopic (exact) mass is 304 g/mol. The summed E-state index contributed by atoms with van der Waals surface area (Å²) >= 11 is 1.62. The lowest BCUT2D eigenvalue weighted by atomic mass is 10.1. The third-order valence-electron chi connectivity index (χ3n) is 2.88.